The maximum absolute atomic E-state index is 2.48. The molecule has 52 heavy (non-hydrogen) atoms. The number of benzene rings is 8. The van der Waals surface area contributed by atoms with E-state index in [0.717, 1.165) is 5.69 Å². The van der Waals surface area contributed by atoms with Crippen molar-refractivity contribution < 1.29 is 0 Å². The molecule has 1 aliphatic heterocycles. The van der Waals surface area contributed by atoms with Gasteiger partial charge in [-0.25, -0.2) is 0 Å². The molecule has 0 amide bonds. The Morgan fingerprint density at radius 3 is 1.46 bits per heavy atom. The first-order valence-corrected chi connectivity index (χ1v) is 19.2. The fraction of sp³-hybridized carbons (Fsp3) is 0. The van der Waals surface area contributed by atoms with Crippen LogP contribution in [0, 0.1) is 0 Å². The number of hydrogen-bond acceptors (Lipinski definition) is 2. The van der Waals surface area contributed by atoms with Crippen molar-refractivity contribution in [1.29, 1.82) is 0 Å². The number of hydrogen-bond donors (Lipinski definition) is 0. The predicted octanol–water partition coefficient (Wildman–Crippen LogP) is 13.8. The highest BCUT2D eigenvalue weighted by atomic mass is 32.2. The molecule has 0 N–H and O–H groups in total. The van der Waals surface area contributed by atoms with E-state index in [-0.39, 0.29) is 0 Å². The van der Waals surface area contributed by atoms with Gasteiger partial charge in [0.1, 0.15) is 0 Å². The highest BCUT2D eigenvalue weighted by molar-refractivity contribution is 8.05. The summed E-state index contributed by atoms with van der Waals surface area (Å²) in [6, 6.07) is 66.7. The van der Waals surface area contributed by atoms with Crippen LogP contribution in [0.25, 0.3) is 77.2 Å². The smallest absolute Gasteiger partial charge is 0.0546 e. The summed E-state index contributed by atoms with van der Waals surface area (Å²) in [5.41, 5.74) is 12.0. The van der Waals surface area contributed by atoms with Gasteiger partial charge in [-0.3, -0.25) is 0 Å². The Balaban J connectivity index is 1.16. The molecular weight excluding hydrogens is 669 g/mol. The van der Waals surface area contributed by atoms with Gasteiger partial charge >= 0.3 is 0 Å². The van der Waals surface area contributed by atoms with Gasteiger partial charge in [0.2, 0.25) is 0 Å². The van der Waals surface area contributed by atoms with Gasteiger partial charge in [-0.1, -0.05) is 145 Å². The minimum atomic E-state index is 1.15. The van der Waals surface area contributed by atoms with Crippen molar-refractivity contribution in [3.8, 4) is 33.6 Å². The van der Waals surface area contributed by atoms with E-state index in [9.17, 15) is 0 Å². The largest absolute Gasteiger partial charge is 0.309 e. The van der Waals surface area contributed by atoms with Gasteiger partial charge in [0, 0.05) is 52.4 Å². The van der Waals surface area contributed by atoms with E-state index in [1.807, 2.05) is 23.5 Å². The lowest BCUT2D eigenvalue weighted by Gasteiger charge is -2.22. The van der Waals surface area contributed by atoms with Gasteiger partial charge in [-0.15, -0.1) is 0 Å². The van der Waals surface area contributed by atoms with Gasteiger partial charge in [0.25, 0.3) is 0 Å². The molecule has 2 aromatic heterocycles. The summed E-state index contributed by atoms with van der Waals surface area (Å²) < 4.78 is 4.88. The number of para-hydroxylation sites is 4. The van der Waals surface area contributed by atoms with Crippen molar-refractivity contribution in [3.63, 3.8) is 0 Å². The number of rotatable bonds is 4. The van der Waals surface area contributed by atoms with Crippen molar-refractivity contribution in [3.05, 3.63) is 182 Å². The van der Waals surface area contributed by atoms with Crippen LogP contribution < -0.4 is 0 Å². The van der Waals surface area contributed by atoms with Crippen molar-refractivity contribution >= 4 is 67.1 Å². The summed E-state index contributed by atoms with van der Waals surface area (Å²) in [5, 5.41) is 5.05. The third kappa shape index (κ3) is 4.55. The zero-order valence-electron chi connectivity index (χ0n) is 28.0. The number of aromatic nitrogens is 2. The van der Waals surface area contributed by atoms with Crippen LogP contribution in [-0.2, 0) is 0 Å². The second-order valence-corrected chi connectivity index (χ2v) is 15.4. The SMILES string of the molecule is c1cc(-c2ccc(-c3cccc4c3Sc3ccccc3S4)cc2-n2c3ccccc3c3ccccc32)cc(-n2c3ccccc3c3ccccc32)c1. The van der Waals surface area contributed by atoms with E-state index in [0.29, 0.717) is 0 Å². The Hall–Kier alpha value is -5.94. The van der Waals surface area contributed by atoms with Crippen LogP contribution in [0.5, 0.6) is 0 Å². The van der Waals surface area contributed by atoms with Crippen LogP contribution in [0.4, 0.5) is 0 Å². The molecular formula is C48H30N2S2. The summed E-state index contributed by atoms with van der Waals surface area (Å²) >= 11 is 3.76. The van der Waals surface area contributed by atoms with Crippen LogP contribution in [0.3, 0.4) is 0 Å². The van der Waals surface area contributed by atoms with E-state index in [1.165, 1.54) is 91.1 Å². The highest BCUT2D eigenvalue weighted by Crippen LogP contribution is 2.52. The van der Waals surface area contributed by atoms with Crippen LogP contribution >= 0.6 is 23.5 Å². The summed E-state index contributed by atoms with van der Waals surface area (Å²) in [4.78, 5) is 5.26. The molecule has 0 atom stereocenters. The van der Waals surface area contributed by atoms with E-state index in [2.05, 4.69) is 191 Å². The molecule has 0 bridgehead atoms. The monoisotopic (exact) mass is 698 g/mol. The molecule has 0 aliphatic carbocycles. The van der Waals surface area contributed by atoms with Crippen molar-refractivity contribution in [2.75, 3.05) is 0 Å². The van der Waals surface area contributed by atoms with Gasteiger partial charge in [-0.2, -0.15) is 0 Å². The Morgan fingerprint density at radius 2 is 0.827 bits per heavy atom. The Kier molecular flexibility index (Phi) is 6.76. The molecule has 2 nitrogen and oxygen atoms in total. The van der Waals surface area contributed by atoms with Crippen molar-refractivity contribution in [1.82, 2.24) is 9.13 Å². The molecule has 8 aromatic carbocycles. The first-order chi connectivity index (χ1) is 25.8. The van der Waals surface area contributed by atoms with Gasteiger partial charge < -0.3 is 9.13 Å². The molecule has 0 radical (unpaired) electrons. The lowest BCUT2D eigenvalue weighted by Crippen LogP contribution is -2.00. The van der Waals surface area contributed by atoms with Gasteiger partial charge in [-0.05, 0) is 77.4 Å². The van der Waals surface area contributed by atoms with Gasteiger partial charge in [0.15, 0.2) is 0 Å². The zero-order valence-corrected chi connectivity index (χ0v) is 29.7. The maximum atomic E-state index is 2.48. The molecule has 0 saturated heterocycles. The third-order valence-corrected chi connectivity index (χ3v) is 13.0. The Morgan fingerprint density at radius 1 is 0.327 bits per heavy atom. The molecule has 3 heterocycles. The normalized spacial score (nSPS) is 12.5. The molecule has 10 aromatic rings. The summed E-state index contributed by atoms with van der Waals surface area (Å²) in [6.45, 7) is 0. The van der Waals surface area contributed by atoms with Crippen LogP contribution in [0.1, 0.15) is 0 Å². The fourth-order valence-electron chi connectivity index (χ4n) is 8.10. The Bertz CT molecular complexity index is 2930. The molecule has 0 unspecified atom stereocenters. The van der Waals surface area contributed by atoms with Gasteiger partial charge in [0.05, 0.1) is 27.8 Å². The molecule has 0 spiro atoms. The standard InChI is InChI=1S/C48H30N2S2/c1-5-20-40-36(15-1)37-16-2-6-21-41(37)49(40)33-14-11-13-31(29-33)34-28-27-32(35-19-12-26-47-48(35)52-46-25-10-9-24-45(46)51-47)30-44(34)50-42-22-7-3-17-38(42)39-18-4-8-23-43(39)50/h1-30H. The van der Waals surface area contributed by atoms with Crippen LogP contribution in [0.2, 0.25) is 0 Å². The fourth-order valence-corrected chi connectivity index (χ4v) is 10.5. The second-order valence-electron chi connectivity index (χ2n) is 13.3. The summed E-state index contributed by atoms with van der Waals surface area (Å²) in [5.74, 6) is 0. The van der Waals surface area contributed by atoms with Crippen LogP contribution in [-0.4, -0.2) is 9.13 Å². The number of fused-ring (bicyclic) bond motifs is 8. The highest BCUT2D eigenvalue weighted by Gasteiger charge is 2.22. The van der Waals surface area contributed by atoms with Crippen LogP contribution in [0.15, 0.2) is 202 Å². The average Bonchev–Trinajstić information content (AvgIpc) is 3.73. The minimum Gasteiger partial charge on any atom is -0.309 e. The minimum absolute atomic E-state index is 1.15. The van der Waals surface area contributed by atoms with Crippen molar-refractivity contribution in [2.45, 2.75) is 19.6 Å². The molecule has 1 aliphatic rings. The molecule has 11 rings (SSSR count). The maximum Gasteiger partial charge on any atom is 0.0546 e. The third-order valence-electron chi connectivity index (χ3n) is 10.4. The van der Waals surface area contributed by atoms with E-state index < -0.39 is 0 Å². The van der Waals surface area contributed by atoms with E-state index in [4.69, 9.17) is 0 Å². The molecule has 0 fully saturated rings. The predicted molar refractivity (Wildman–Crippen MR) is 221 cm³/mol. The molecule has 0 saturated carbocycles. The lowest BCUT2D eigenvalue weighted by atomic mass is 9.97. The lowest BCUT2D eigenvalue weighted by molar-refractivity contribution is 1.15. The topological polar surface area (TPSA) is 9.86 Å². The second kappa shape index (κ2) is 11.8. The summed E-state index contributed by atoms with van der Waals surface area (Å²) in [6.07, 6.45) is 0. The zero-order chi connectivity index (χ0) is 34.2. The number of nitrogens with zero attached hydrogens (tertiary/aromatic N) is 2. The first-order valence-electron chi connectivity index (χ1n) is 17.6. The average molecular weight is 699 g/mol. The Labute approximate surface area is 310 Å². The molecule has 4 heteroatoms. The van der Waals surface area contributed by atoms with E-state index in [1.54, 1.807) is 0 Å². The first kappa shape index (κ1) is 29.8. The summed E-state index contributed by atoms with van der Waals surface area (Å²) in [7, 11) is 0. The van der Waals surface area contributed by atoms with E-state index >= 15 is 0 Å². The quantitative estimate of drug-likeness (QED) is 0.181. The van der Waals surface area contributed by atoms with Crippen molar-refractivity contribution in [2.24, 2.45) is 0 Å². The molecule has 244 valence electrons.